The van der Waals surface area contributed by atoms with Gasteiger partial charge in [-0.15, -0.1) is 0 Å². The van der Waals surface area contributed by atoms with Crippen LogP contribution in [0, 0.1) is 5.82 Å². The third-order valence-corrected chi connectivity index (χ3v) is 3.46. The lowest BCUT2D eigenvalue weighted by Gasteiger charge is -2.32. The van der Waals surface area contributed by atoms with Gasteiger partial charge in [0.15, 0.2) is 0 Å². The van der Waals surface area contributed by atoms with Gasteiger partial charge in [-0.25, -0.2) is 4.39 Å². The first kappa shape index (κ1) is 13.1. The number of nitrogens with one attached hydrogen (secondary N) is 1. The fourth-order valence-electron chi connectivity index (χ4n) is 2.17. The first-order valence-corrected chi connectivity index (χ1v) is 6.41. The molecule has 18 heavy (non-hydrogen) atoms. The van der Waals surface area contributed by atoms with Crippen LogP contribution in [0.5, 0.6) is 0 Å². The number of carbonyl (C=O) groups excluding carboxylic acids is 1. The molecular formula is C13H16ClFN2O. The van der Waals surface area contributed by atoms with E-state index in [1.807, 2.05) is 4.90 Å². The molecule has 0 bridgehead atoms. The summed E-state index contributed by atoms with van der Waals surface area (Å²) < 4.78 is 13.5. The van der Waals surface area contributed by atoms with Gasteiger partial charge < -0.3 is 10.2 Å². The summed E-state index contributed by atoms with van der Waals surface area (Å²) in [6.45, 7) is 3.01. The minimum absolute atomic E-state index is 0.0994. The van der Waals surface area contributed by atoms with E-state index in [1.54, 1.807) is 13.0 Å². The summed E-state index contributed by atoms with van der Waals surface area (Å²) in [4.78, 5) is 13.0. The zero-order chi connectivity index (χ0) is 13.1. The summed E-state index contributed by atoms with van der Waals surface area (Å²) in [7, 11) is 0. The van der Waals surface area contributed by atoms with Crippen molar-refractivity contribution in [3.63, 3.8) is 0 Å². The quantitative estimate of drug-likeness (QED) is 0.896. The van der Waals surface area contributed by atoms with Gasteiger partial charge in [0.1, 0.15) is 5.82 Å². The Kier molecular flexibility index (Phi) is 4.07. The highest BCUT2D eigenvalue weighted by Crippen LogP contribution is 2.22. The van der Waals surface area contributed by atoms with Crippen LogP contribution in [0.3, 0.4) is 0 Å². The molecule has 1 fully saturated rings. The van der Waals surface area contributed by atoms with Crippen molar-refractivity contribution in [1.82, 2.24) is 4.90 Å². The predicted molar refractivity (Wildman–Crippen MR) is 70.3 cm³/mol. The van der Waals surface area contributed by atoms with E-state index in [4.69, 9.17) is 11.6 Å². The van der Waals surface area contributed by atoms with Crippen LogP contribution in [0.1, 0.15) is 19.8 Å². The molecule has 1 aromatic rings. The number of carbonyl (C=O) groups is 1. The molecule has 3 nitrogen and oxygen atoms in total. The lowest BCUT2D eigenvalue weighted by molar-refractivity contribution is -0.129. The Morgan fingerprint density at radius 1 is 1.44 bits per heavy atom. The fourth-order valence-corrected chi connectivity index (χ4v) is 2.34. The summed E-state index contributed by atoms with van der Waals surface area (Å²) in [5.74, 6) is -0.198. The average Bonchev–Trinajstić information content (AvgIpc) is 2.34. The molecule has 0 spiro atoms. The molecule has 98 valence electrons. The van der Waals surface area contributed by atoms with Crippen molar-refractivity contribution in [1.29, 1.82) is 0 Å². The molecule has 0 aromatic heterocycles. The summed E-state index contributed by atoms with van der Waals surface area (Å²) in [5, 5.41) is 3.67. The van der Waals surface area contributed by atoms with Gasteiger partial charge in [0.25, 0.3) is 0 Å². The fraction of sp³-hybridized carbons (Fsp3) is 0.462. The van der Waals surface area contributed by atoms with Gasteiger partial charge in [0.05, 0.1) is 5.69 Å². The maximum absolute atomic E-state index is 13.5. The maximum atomic E-state index is 13.5. The van der Waals surface area contributed by atoms with Gasteiger partial charge in [-0.1, -0.05) is 11.6 Å². The Morgan fingerprint density at radius 3 is 2.72 bits per heavy atom. The molecule has 0 atom stereocenters. The van der Waals surface area contributed by atoms with E-state index in [9.17, 15) is 9.18 Å². The molecule has 2 rings (SSSR count). The van der Waals surface area contributed by atoms with E-state index < -0.39 is 0 Å². The van der Waals surface area contributed by atoms with E-state index in [-0.39, 0.29) is 17.8 Å². The second-order valence-corrected chi connectivity index (χ2v) is 4.99. The minimum Gasteiger partial charge on any atom is -0.380 e. The maximum Gasteiger partial charge on any atom is 0.219 e. The van der Waals surface area contributed by atoms with Gasteiger partial charge in [0, 0.05) is 31.1 Å². The molecule has 1 saturated heterocycles. The minimum atomic E-state index is -0.298. The molecule has 1 aliphatic heterocycles. The Hall–Kier alpha value is -1.29. The molecule has 1 N–H and O–H groups in total. The first-order valence-electron chi connectivity index (χ1n) is 6.03. The van der Waals surface area contributed by atoms with E-state index in [0.717, 1.165) is 25.9 Å². The number of piperidine rings is 1. The molecule has 5 heteroatoms. The van der Waals surface area contributed by atoms with Gasteiger partial charge in [-0.05, 0) is 31.0 Å². The molecule has 1 heterocycles. The third kappa shape index (κ3) is 3.13. The Morgan fingerprint density at radius 2 is 2.11 bits per heavy atom. The number of nitrogens with zero attached hydrogens (tertiary/aromatic N) is 1. The zero-order valence-corrected chi connectivity index (χ0v) is 11.0. The molecule has 0 unspecified atom stereocenters. The number of amides is 1. The zero-order valence-electron chi connectivity index (χ0n) is 10.2. The van der Waals surface area contributed by atoms with E-state index in [1.165, 1.54) is 12.1 Å². The van der Waals surface area contributed by atoms with Gasteiger partial charge in [-0.2, -0.15) is 0 Å². The smallest absolute Gasteiger partial charge is 0.219 e. The van der Waals surface area contributed by atoms with Crippen molar-refractivity contribution >= 4 is 23.2 Å². The number of likely N-dealkylation sites (tertiary alicyclic amines) is 1. The van der Waals surface area contributed by atoms with E-state index in [0.29, 0.717) is 10.7 Å². The van der Waals surface area contributed by atoms with Crippen LogP contribution in [0.2, 0.25) is 5.02 Å². The number of hydrogen-bond acceptors (Lipinski definition) is 2. The van der Waals surface area contributed by atoms with Gasteiger partial charge in [-0.3, -0.25) is 4.79 Å². The second-order valence-electron chi connectivity index (χ2n) is 4.55. The first-order chi connectivity index (χ1) is 8.56. The lowest BCUT2D eigenvalue weighted by atomic mass is 10.0. The summed E-state index contributed by atoms with van der Waals surface area (Å²) in [6, 6.07) is 4.66. The molecule has 1 amide bonds. The van der Waals surface area contributed by atoms with Crippen molar-refractivity contribution in [3.05, 3.63) is 29.0 Å². The van der Waals surface area contributed by atoms with Crippen LogP contribution < -0.4 is 5.32 Å². The van der Waals surface area contributed by atoms with Crippen molar-refractivity contribution < 1.29 is 9.18 Å². The number of hydrogen-bond donors (Lipinski definition) is 1. The average molecular weight is 271 g/mol. The molecular weight excluding hydrogens is 255 g/mol. The Labute approximate surface area is 111 Å². The van der Waals surface area contributed by atoms with Crippen molar-refractivity contribution in [3.8, 4) is 0 Å². The van der Waals surface area contributed by atoms with Crippen molar-refractivity contribution in [2.24, 2.45) is 0 Å². The second kappa shape index (κ2) is 5.57. The van der Waals surface area contributed by atoms with Crippen molar-refractivity contribution in [2.75, 3.05) is 18.4 Å². The number of benzene rings is 1. The lowest BCUT2D eigenvalue weighted by Crippen LogP contribution is -2.41. The van der Waals surface area contributed by atoms with Crippen LogP contribution in [-0.4, -0.2) is 29.9 Å². The summed E-state index contributed by atoms with van der Waals surface area (Å²) >= 11 is 5.84. The van der Waals surface area contributed by atoms with Crippen LogP contribution in [-0.2, 0) is 4.79 Å². The molecule has 0 radical (unpaired) electrons. The van der Waals surface area contributed by atoms with Crippen molar-refractivity contribution in [2.45, 2.75) is 25.8 Å². The highest BCUT2D eigenvalue weighted by Gasteiger charge is 2.21. The number of halogens is 2. The molecule has 0 saturated carbocycles. The van der Waals surface area contributed by atoms with Gasteiger partial charge >= 0.3 is 0 Å². The monoisotopic (exact) mass is 270 g/mol. The largest absolute Gasteiger partial charge is 0.380 e. The standard InChI is InChI=1S/C13H16ClFN2O/c1-9(18)17-6-4-11(5-7-17)16-13-8-10(14)2-3-12(13)15/h2-3,8,11,16H,4-7H2,1H3. The SMILES string of the molecule is CC(=O)N1CCC(Nc2cc(Cl)ccc2F)CC1. The number of anilines is 1. The highest BCUT2D eigenvalue weighted by atomic mass is 35.5. The van der Waals surface area contributed by atoms with E-state index in [2.05, 4.69) is 5.32 Å². The molecule has 1 aromatic carbocycles. The normalized spacial score (nSPS) is 16.7. The van der Waals surface area contributed by atoms with Crippen LogP contribution in [0.25, 0.3) is 0 Å². The van der Waals surface area contributed by atoms with Crippen LogP contribution >= 0.6 is 11.6 Å². The van der Waals surface area contributed by atoms with Gasteiger partial charge in [0.2, 0.25) is 5.91 Å². The number of rotatable bonds is 2. The highest BCUT2D eigenvalue weighted by molar-refractivity contribution is 6.30. The Bertz CT molecular complexity index is 445. The molecule has 1 aliphatic rings. The summed E-state index contributed by atoms with van der Waals surface area (Å²) in [6.07, 6.45) is 1.65. The topological polar surface area (TPSA) is 32.3 Å². The van der Waals surface area contributed by atoms with E-state index >= 15 is 0 Å². The van der Waals surface area contributed by atoms with Crippen LogP contribution in [0.4, 0.5) is 10.1 Å². The predicted octanol–water partition coefficient (Wildman–Crippen LogP) is 2.90. The third-order valence-electron chi connectivity index (χ3n) is 3.23. The molecule has 0 aliphatic carbocycles. The van der Waals surface area contributed by atoms with Crippen LogP contribution in [0.15, 0.2) is 18.2 Å². The summed E-state index contributed by atoms with van der Waals surface area (Å²) in [5.41, 5.74) is 0.434. The Balaban J connectivity index is 1.95.